The van der Waals surface area contributed by atoms with Gasteiger partial charge in [0.15, 0.2) is 5.69 Å². The summed E-state index contributed by atoms with van der Waals surface area (Å²) in [6.45, 7) is 1.07. The molecular weight excluding hydrogens is 483 g/mol. The fourth-order valence-electron chi connectivity index (χ4n) is 3.74. The number of amides is 1. The van der Waals surface area contributed by atoms with Gasteiger partial charge in [-0.1, -0.05) is 35.5 Å². The van der Waals surface area contributed by atoms with Gasteiger partial charge in [0.25, 0.3) is 0 Å². The molecule has 166 valence electrons. The van der Waals surface area contributed by atoms with Crippen molar-refractivity contribution in [2.24, 2.45) is 10.9 Å². The van der Waals surface area contributed by atoms with Crippen molar-refractivity contribution in [2.75, 3.05) is 23.5 Å². The molecule has 4 rings (SSSR count). The minimum absolute atomic E-state index is 0.297. The Kier molecular flexibility index (Phi) is 6.35. The van der Waals surface area contributed by atoms with Gasteiger partial charge in [-0.15, -0.1) is 0 Å². The molecule has 1 saturated heterocycles. The Balaban J connectivity index is 1.40. The molecular formula is C21H20BrFN6O3. The number of nitrogens with one attached hydrogen (secondary N) is 1. The average Bonchev–Trinajstić information content (AvgIpc) is 3.28. The van der Waals surface area contributed by atoms with Gasteiger partial charge in [-0.3, -0.25) is 9.73 Å². The first-order valence-electron chi connectivity index (χ1n) is 9.83. The van der Waals surface area contributed by atoms with Crippen molar-refractivity contribution in [3.63, 3.8) is 0 Å². The summed E-state index contributed by atoms with van der Waals surface area (Å²) in [4.78, 5) is 19.4. The molecule has 0 unspecified atom stereocenters. The van der Waals surface area contributed by atoms with Crippen LogP contribution < -0.4 is 16.1 Å². The van der Waals surface area contributed by atoms with Crippen LogP contribution in [0.1, 0.15) is 24.1 Å². The van der Waals surface area contributed by atoms with E-state index in [1.165, 1.54) is 24.4 Å². The standard InChI is InChI=1S/C21H20BrFN6O3/c22-16-12-15(6-7-17(16)23)26-31-25-13-18-19(28-32-27-18)29-10-8-21(9-11-29,20(24)30)14-4-2-1-3-5-14/h1-7,12-13,26H,8-11H2,(H2,24,30)/b25-13+. The molecule has 2 heterocycles. The molecule has 11 heteroatoms. The molecule has 0 bridgehead atoms. The quantitative estimate of drug-likeness (QED) is 0.375. The summed E-state index contributed by atoms with van der Waals surface area (Å²) < 4.78 is 18.5. The average molecular weight is 503 g/mol. The maximum absolute atomic E-state index is 13.3. The predicted molar refractivity (Wildman–Crippen MR) is 119 cm³/mol. The number of aromatic nitrogens is 2. The van der Waals surface area contributed by atoms with Gasteiger partial charge in [0.05, 0.1) is 15.6 Å². The lowest BCUT2D eigenvalue weighted by Gasteiger charge is -2.40. The first kappa shape index (κ1) is 21.8. The highest BCUT2D eigenvalue weighted by Crippen LogP contribution is 2.36. The van der Waals surface area contributed by atoms with Crippen LogP contribution in [0.5, 0.6) is 0 Å². The molecule has 0 spiro atoms. The molecule has 2 aromatic carbocycles. The SMILES string of the molecule is NC(=O)C1(c2ccccc2)CCN(c2nonc2/C=N/ONc2ccc(F)c(Br)c2)CC1. The van der Waals surface area contributed by atoms with Crippen molar-refractivity contribution in [1.29, 1.82) is 0 Å². The van der Waals surface area contributed by atoms with Crippen molar-refractivity contribution in [2.45, 2.75) is 18.3 Å². The lowest BCUT2D eigenvalue weighted by molar-refractivity contribution is -0.124. The van der Waals surface area contributed by atoms with E-state index in [1.54, 1.807) is 0 Å². The molecule has 1 aromatic heterocycles. The fraction of sp³-hybridized carbons (Fsp3) is 0.238. The van der Waals surface area contributed by atoms with Crippen LogP contribution in [0.3, 0.4) is 0 Å². The third-order valence-electron chi connectivity index (χ3n) is 5.52. The molecule has 32 heavy (non-hydrogen) atoms. The zero-order chi connectivity index (χ0) is 22.6. The van der Waals surface area contributed by atoms with Crippen molar-refractivity contribution >= 4 is 39.6 Å². The van der Waals surface area contributed by atoms with Gasteiger partial charge < -0.3 is 10.6 Å². The van der Waals surface area contributed by atoms with E-state index >= 15 is 0 Å². The molecule has 3 N–H and O–H groups in total. The summed E-state index contributed by atoms with van der Waals surface area (Å²) >= 11 is 3.10. The Bertz CT molecular complexity index is 1120. The van der Waals surface area contributed by atoms with E-state index in [0.717, 1.165) is 5.56 Å². The summed E-state index contributed by atoms with van der Waals surface area (Å²) in [7, 11) is 0. The Morgan fingerprint density at radius 1 is 1.25 bits per heavy atom. The van der Waals surface area contributed by atoms with Crippen LogP contribution in [0, 0.1) is 5.82 Å². The fourth-order valence-corrected chi connectivity index (χ4v) is 4.12. The Hall–Kier alpha value is -3.47. The van der Waals surface area contributed by atoms with Crippen LogP contribution in [0.4, 0.5) is 15.9 Å². The second-order valence-corrected chi connectivity index (χ2v) is 8.18. The number of hydrogen-bond donors (Lipinski definition) is 2. The van der Waals surface area contributed by atoms with Gasteiger partial charge in [0.2, 0.25) is 11.7 Å². The van der Waals surface area contributed by atoms with Crippen LogP contribution in [0.15, 0.2) is 62.8 Å². The summed E-state index contributed by atoms with van der Waals surface area (Å²) in [6.07, 6.45) is 2.42. The summed E-state index contributed by atoms with van der Waals surface area (Å²) in [6, 6.07) is 13.9. The van der Waals surface area contributed by atoms with Crippen LogP contribution in [0.2, 0.25) is 0 Å². The van der Waals surface area contributed by atoms with Gasteiger partial charge in [-0.05, 0) is 62.8 Å². The van der Waals surface area contributed by atoms with E-state index in [0.29, 0.717) is 47.6 Å². The van der Waals surface area contributed by atoms with Gasteiger partial charge in [-0.2, -0.15) is 5.48 Å². The Labute approximate surface area is 191 Å². The number of halogens is 2. The Morgan fingerprint density at radius 2 is 2.00 bits per heavy atom. The lowest BCUT2D eigenvalue weighted by Crippen LogP contribution is -2.50. The topological polar surface area (TPSA) is 119 Å². The summed E-state index contributed by atoms with van der Waals surface area (Å²) in [5.74, 6) is -0.227. The molecule has 1 amide bonds. The molecule has 0 aliphatic carbocycles. The van der Waals surface area contributed by atoms with Crippen LogP contribution >= 0.6 is 15.9 Å². The van der Waals surface area contributed by atoms with Crippen molar-refractivity contribution in [3.05, 3.63) is 70.1 Å². The van der Waals surface area contributed by atoms with E-state index in [2.05, 4.69) is 36.9 Å². The molecule has 1 aliphatic heterocycles. The molecule has 0 saturated carbocycles. The number of piperidine rings is 1. The Morgan fingerprint density at radius 3 is 2.69 bits per heavy atom. The number of carbonyl (C=O) groups excluding carboxylic acids is 1. The highest BCUT2D eigenvalue weighted by atomic mass is 79.9. The van der Waals surface area contributed by atoms with Crippen molar-refractivity contribution in [1.82, 2.24) is 10.3 Å². The third kappa shape index (κ3) is 4.42. The molecule has 9 nitrogen and oxygen atoms in total. The monoisotopic (exact) mass is 502 g/mol. The maximum atomic E-state index is 13.3. The number of benzene rings is 2. The second-order valence-electron chi connectivity index (χ2n) is 7.33. The number of hydrogen-bond acceptors (Lipinski definition) is 8. The molecule has 1 aliphatic rings. The minimum Gasteiger partial charge on any atom is -0.369 e. The number of anilines is 2. The van der Waals surface area contributed by atoms with Gasteiger partial charge >= 0.3 is 0 Å². The molecule has 0 atom stereocenters. The zero-order valence-corrected chi connectivity index (χ0v) is 18.5. The zero-order valence-electron chi connectivity index (χ0n) is 16.9. The number of rotatable bonds is 7. The highest BCUT2D eigenvalue weighted by molar-refractivity contribution is 9.10. The van der Waals surface area contributed by atoms with Crippen molar-refractivity contribution in [3.8, 4) is 0 Å². The number of oxime groups is 1. The highest BCUT2D eigenvalue weighted by Gasteiger charge is 2.42. The number of primary amides is 1. The number of nitrogens with zero attached hydrogens (tertiary/aromatic N) is 4. The number of nitrogens with two attached hydrogens (primary N) is 1. The van der Waals surface area contributed by atoms with E-state index < -0.39 is 5.41 Å². The van der Waals surface area contributed by atoms with Gasteiger partial charge in [0.1, 0.15) is 12.0 Å². The van der Waals surface area contributed by atoms with E-state index in [9.17, 15) is 9.18 Å². The lowest BCUT2D eigenvalue weighted by atomic mass is 9.72. The van der Waals surface area contributed by atoms with Crippen LogP contribution in [0.25, 0.3) is 0 Å². The molecule has 0 radical (unpaired) electrons. The third-order valence-corrected chi connectivity index (χ3v) is 6.13. The van der Waals surface area contributed by atoms with E-state index in [4.69, 9.17) is 15.3 Å². The maximum Gasteiger partial charge on any atom is 0.228 e. The normalized spacial score (nSPS) is 15.6. The first-order chi connectivity index (χ1) is 15.5. The number of carbonyl (C=O) groups is 1. The van der Waals surface area contributed by atoms with Crippen LogP contribution in [-0.2, 0) is 15.1 Å². The smallest absolute Gasteiger partial charge is 0.228 e. The summed E-state index contributed by atoms with van der Waals surface area (Å²) in [5, 5.41) is 11.6. The molecule has 3 aromatic rings. The summed E-state index contributed by atoms with van der Waals surface area (Å²) in [5.41, 5.74) is 9.45. The van der Waals surface area contributed by atoms with Crippen LogP contribution in [-0.4, -0.2) is 35.5 Å². The largest absolute Gasteiger partial charge is 0.369 e. The van der Waals surface area contributed by atoms with Gasteiger partial charge in [0, 0.05) is 13.1 Å². The second kappa shape index (κ2) is 9.35. The van der Waals surface area contributed by atoms with Gasteiger partial charge in [-0.25, -0.2) is 9.02 Å². The minimum atomic E-state index is -0.723. The van der Waals surface area contributed by atoms with Crippen molar-refractivity contribution < 1.29 is 18.8 Å². The first-order valence-corrected chi connectivity index (χ1v) is 10.6. The van der Waals surface area contributed by atoms with E-state index in [-0.39, 0.29) is 11.7 Å². The predicted octanol–water partition coefficient (Wildman–Crippen LogP) is 3.37. The molecule has 1 fully saturated rings. The van der Waals surface area contributed by atoms with E-state index in [1.807, 2.05) is 35.2 Å².